The third-order valence-electron chi connectivity index (χ3n) is 3.41. The lowest BCUT2D eigenvalue weighted by Gasteiger charge is -2.10. The Hall–Kier alpha value is -2.98. The number of aryl methyl sites for hydroxylation is 2. The zero-order valence-electron chi connectivity index (χ0n) is 14.6. The molecule has 0 radical (unpaired) electrons. The Labute approximate surface area is 160 Å². The van der Waals surface area contributed by atoms with Crippen LogP contribution in [0, 0.1) is 13.8 Å². The highest BCUT2D eigenvalue weighted by atomic mass is 32.2. The van der Waals surface area contributed by atoms with Crippen molar-refractivity contribution in [2.75, 3.05) is 10.1 Å². The van der Waals surface area contributed by atoms with Gasteiger partial charge in [-0.25, -0.2) is 18.4 Å². The Morgan fingerprint density at radius 2 is 1.78 bits per heavy atom. The fourth-order valence-corrected chi connectivity index (χ4v) is 4.35. The number of nitrogens with one attached hydrogen (secondary N) is 3. The first-order chi connectivity index (χ1) is 12.8. The number of hydrogen-bond donors (Lipinski definition) is 3. The van der Waals surface area contributed by atoms with Crippen LogP contribution in [-0.2, 0) is 10.0 Å². The van der Waals surface area contributed by atoms with Gasteiger partial charge in [0.15, 0.2) is 0 Å². The van der Waals surface area contributed by atoms with E-state index in [1.165, 1.54) is 12.1 Å². The van der Waals surface area contributed by atoms with E-state index in [1.54, 1.807) is 29.6 Å². The van der Waals surface area contributed by atoms with Crippen molar-refractivity contribution >= 4 is 38.9 Å². The summed E-state index contributed by atoms with van der Waals surface area (Å²) in [6.45, 7) is 3.65. The summed E-state index contributed by atoms with van der Waals surface area (Å²) >= 11 is 1.11. The van der Waals surface area contributed by atoms with E-state index in [0.717, 1.165) is 22.7 Å². The number of sulfonamides is 1. The second kappa shape index (κ2) is 7.72. The van der Waals surface area contributed by atoms with Crippen LogP contribution in [0.3, 0.4) is 0 Å². The van der Waals surface area contributed by atoms with Crippen LogP contribution in [0.25, 0.3) is 0 Å². The maximum Gasteiger partial charge on any atom is 0.271 e. The fourth-order valence-electron chi connectivity index (χ4n) is 2.31. The summed E-state index contributed by atoms with van der Waals surface area (Å²) in [5, 5.41) is 1.68. The number of aromatic nitrogens is 2. The summed E-state index contributed by atoms with van der Waals surface area (Å²) in [4.78, 5) is 20.7. The lowest BCUT2D eigenvalue weighted by Crippen LogP contribution is -2.30. The van der Waals surface area contributed by atoms with Gasteiger partial charge in [-0.05, 0) is 49.6 Å². The van der Waals surface area contributed by atoms with Crippen molar-refractivity contribution in [1.29, 1.82) is 0 Å². The number of amides is 1. The molecule has 3 rings (SSSR count). The van der Waals surface area contributed by atoms with Crippen molar-refractivity contribution in [2.45, 2.75) is 18.1 Å². The van der Waals surface area contributed by atoms with Crippen LogP contribution < -0.4 is 15.6 Å². The van der Waals surface area contributed by atoms with Gasteiger partial charge in [0, 0.05) is 22.6 Å². The Morgan fingerprint density at radius 1 is 1.04 bits per heavy atom. The van der Waals surface area contributed by atoms with Gasteiger partial charge in [0.05, 0.1) is 0 Å². The first-order valence-electron chi connectivity index (χ1n) is 7.88. The molecule has 8 nitrogen and oxygen atoms in total. The van der Waals surface area contributed by atoms with Gasteiger partial charge in [0.1, 0.15) is 4.21 Å². The van der Waals surface area contributed by atoms with Crippen molar-refractivity contribution in [3.63, 3.8) is 0 Å². The largest absolute Gasteiger partial charge is 0.279 e. The molecule has 3 aromatic rings. The second-order valence-electron chi connectivity index (χ2n) is 5.67. The van der Waals surface area contributed by atoms with Crippen LogP contribution in [-0.4, -0.2) is 24.3 Å². The molecule has 2 heterocycles. The molecule has 0 bridgehead atoms. The lowest BCUT2D eigenvalue weighted by molar-refractivity contribution is 0.0962. The summed E-state index contributed by atoms with van der Waals surface area (Å²) in [6, 6.07) is 11.2. The van der Waals surface area contributed by atoms with Gasteiger partial charge in [-0.15, -0.1) is 11.3 Å². The normalized spacial score (nSPS) is 11.0. The molecule has 1 aromatic carbocycles. The number of thiophene rings is 1. The van der Waals surface area contributed by atoms with Gasteiger partial charge >= 0.3 is 0 Å². The summed E-state index contributed by atoms with van der Waals surface area (Å²) in [5.74, 6) is -0.176. The van der Waals surface area contributed by atoms with E-state index in [1.807, 2.05) is 19.9 Å². The van der Waals surface area contributed by atoms with Gasteiger partial charge < -0.3 is 0 Å². The number of carbonyl (C=O) groups is 1. The average molecular weight is 403 g/mol. The molecule has 0 aliphatic carbocycles. The standard InChI is InChI=1S/C17H17N5O3S2/c1-11-9-12(2)19-17(18-11)21-20-16(23)13-5-3-6-14(10-13)22-27(24,25)15-7-4-8-26-15/h3-10,22H,1-2H3,(H,20,23)(H,18,19,21). The molecule has 10 heteroatoms. The number of benzene rings is 1. The number of rotatable bonds is 6. The molecule has 0 aliphatic rings. The van der Waals surface area contributed by atoms with Crippen LogP contribution in [0.1, 0.15) is 21.7 Å². The molecule has 0 unspecified atom stereocenters. The molecule has 1 amide bonds. The third-order valence-corrected chi connectivity index (χ3v) is 6.19. The van der Waals surface area contributed by atoms with Crippen LogP contribution >= 0.6 is 11.3 Å². The molecule has 0 saturated heterocycles. The van der Waals surface area contributed by atoms with Crippen LogP contribution in [0.5, 0.6) is 0 Å². The highest BCUT2D eigenvalue weighted by molar-refractivity contribution is 7.94. The molecule has 0 spiro atoms. The zero-order chi connectivity index (χ0) is 19.4. The minimum absolute atomic E-state index is 0.200. The molecular weight excluding hydrogens is 386 g/mol. The lowest BCUT2D eigenvalue weighted by atomic mass is 10.2. The summed E-state index contributed by atoms with van der Waals surface area (Å²) in [5.41, 5.74) is 7.26. The molecule has 27 heavy (non-hydrogen) atoms. The molecule has 140 valence electrons. The van der Waals surface area contributed by atoms with Crippen molar-refractivity contribution in [3.8, 4) is 0 Å². The predicted octanol–water partition coefficient (Wildman–Crippen LogP) is 2.71. The topological polar surface area (TPSA) is 113 Å². The Bertz CT molecular complexity index is 1050. The predicted molar refractivity (Wildman–Crippen MR) is 104 cm³/mol. The van der Waals surface area contributed by atoms with E-state index in [2.05, 4.69) is 25.5 Å². The maximum atomic E-state index is 12.3. The molecule has 0 aliphatic heterocycles. The number of carbonyl (C=O) groups excluding carboxylic acids is 1. The van der Waals surface area contributed by atoms with Gasteiger partial charge in [0.2, 0.25) is 5.95 Å². The van der Waals surface area contributed by atoms with Crippen LogP contribution in [0.4, 0.5) is 11.6 Å². The zero-order valence-corrected chi connectivity index (χ0v) is 16.2. The fraction of sp³-hybridized carbons (Fsp3) is 0.118. The van der Waals surface area contributed by atoms with Crippen LogP contribution in [0.15, 0.2) is 52.1 Å². The van der Waals surface area contributed by atoms with E-state index in [4.69, 9.17) is 0 Å². The molecule has 0 fully saturated rings. The smallest absolute Gasteiger partial charge is 0.271 e. The maximum absolute atomic E-state index is 12.3. The number of hydrogen-bond acceptors (Lipinski definition) is 7. The van der Waals surface area contributed by atoms with Gasteiger partial charge in [-0.2, -0.15) is 0 Å². The highest BCUT2D eigenvalue weighted by Crippen LogP contribution is 2.20. The molecule has 3 N–H and O–H groups in total. The van der Waals surface area contributed by atoms with E-state index in [-0.39, 0.29) is 15.7 Å². The molecule has 0 saturated carbocycles. The Morgan fingerprint density at radius 3 is 2.44 bits per heavy atom. The molecular formula is C17H17N5O3S2. The van der Waals surface area contributed by atoms with Crippen molar-refractivity contribution < 1.29 is 13.2 Å². The van der Waals surface area contributed by atoms with Gasteiger partial charge in [-0.3, -0.25) is 20.4 Å². The Kier molecular flexibility index (Phi) is 5.38. The quantitative estimate of drug-likeness (QED) is 0.546. The minimum Gasteiger partial charge on any atom is -0.279 e. The number of anilines is 2. The first-order valence-corrected chi connectivity index (χ1v) is 10.2. The molecule has 0 atom stereocenters. The SMILES string of the molecule is Cc1cc(C)nc(NNC(=O)c2cccc(NS(=O)(=O)c3cccs3)c2)n1. The first kappa shape index (κ1) is 18.8. The summed E-state index contributed by atoms with van der Waals surface area (Å²) in [6.07, 6.45) is 0. The minimum atomic E-state index is -3.68. The van der Waals surface area contributed by atoms with E-state index >= 15 is 0 Å². The average Bonchev–Trinajstić information content (AvgIpc) is 3.14. The highest BCUT2D eigenvalue weighted by Gasteiger charge is 2.16. The second-order valence-corrected chi connectivity index (χ2v) is 8.53. The van der Waals surface area contributed by atoms with Crippen molar-refractivity contribution in [3.05, 3.63) is 64.8 Å². The number of nitrogens with zero attached hydrogens (tertiary/aromatic N) is 2. The summed E-state index contributed by atoms with van der Waals surface area (Å²) in [7, 11) is -3.68. The third kappa shape index (κ3) is 4.80. The Balaban J connectivity index is 1.70. The van der Waals surface area contributed by atoms with E-state index in [0.29, 0.717) is 5.69 Å². The number of hydrazine groups is 1. The van der Waals surface area contributed by atoms with Crippen LogP contribution in [0.2, 0.25) is 0 Å². The van der Waals surface area contributed by atoms with Crippen molar-refractivity contribution in [2.24, 2.45) is 0 Å². The molecule has 2 aromatic heterocycles. The monoisotopic (exact) mass is 403 g/mol. The summed E-state index contributed by atoms with van der Waals surface area (Å²) < 4.78 is 27.2. The van der Waals surface area contributed by atoms with E-state index < -0.39 is 15.9 Å². The van der Waals surface area contributed by atoms with E-state index in [9.17, 15) is 13.2 Å². The van der Waals surface area contributed by atoms with Gasteiger partial charge in [0.25, 0.3) is 15.9 Å². The van der Waals surface area contributed by atoms with Crippen molar-refractivity contribution in [1.82, 2.24) is 15.4 Å². The van der Waals surface area contributed by atoms with Gasteiger partial charge in [-0.1, -0.05) is 12.1 Å².